The van der Waals surface area contributed by atoms with Gasteiger partial charge in [0.25, 0.3) is 0 Å². The molecule has 8 nitrogen and oxygen atoms in total. The number of phenolic OH excluding ortho intramolecular Hbond substituents is 1. The van der Waals surface area contributed by atoms with Gasteiger partial charge in [0.1, 0.15) is 11.3 Å². The highest BCUT2D eigenvalue weighted by Crippen LogP contribution is 2.47. The molecule has 8 heteroatoms. The first kappa shape index (κ1) is 18.7. The molecule has 0 amide bonds. The summed E-state index contributed by atoms with van der Waals surface area (Å²) in [6.07, 6.45) is -1.12. The molecule has 29 heavy (non-hydrogen) atoms. The average Bonchev–Trinajstić information content (AvgIpc) is 3.15. The van der Waals surface area contributed by atoms with Gasteiger partial charge in [0.2, 0.25) is 11.9 Å². The van der Waals surface area contributed by atoms with E-state index in [1.54, 1.807) is 24.3 Å². The molecule has 2 aromatic carbocycles. The molecule has 0 radical (unpaired) electrons. The van der Waals surface area contributed by atoms with Crippen molar-refractivity contribution in [1.29, 1.82) is 0 Å². The Morgan fingerprint density at radius 2 is 1.72 bits per heavy atom. The molecule has 1 aromatic heterocycles. The summed E-state index contributed by atoms with van der Waals surface area (Å²) in [4.78, 5) is 25.3. The van der Waals surface area contributed by atoms with Crippen LogP contribution in [0, 0.1) is 0 Å². The number of hydrogen-bond acceptors (Lipinski definition) is 8. The lowest BCUT2D eigenvalue weighted by atomic mass is 9.88. The van der Waals surface area contributed by atoms with Crippen molar-refractivity contribution in [1.82, 2.24) is 0 Å². The van der Waals surface area contributed by atoms with Crippen molar-refractivity contribution in [2.45, 2.75) is 12.0 Å². The summed E-state index contributed by atoms with van der Waals surface area (Å²) in [7, 11) is 4.01. The van der Waals surface area contributed by atoms with E-state index in [0.717, 1.165) is 0 Å². The number of fused-ring (bicyclic) bond motifs is 3. The summed E-state index contributed by atoms with van der Waals surface area (Å²) in [5, 5.41) is 10.8. The number of rotatable bonds is 4. The van der Waals surface area contributed by atoms with Crippen LogP contribution in [0.25, 0.3) is 11.0 Å². The van der Waals surface area contributed by atoms with Crippen LogP contribution in [0.3, 0.4) is 0 Å². The standard InChI is InChI=1S/C21H18O8/c1-25-13-8-10(9-14(26-2)17(13)22)15-16-18(29-19(15)21(24)27-3)11-6-4-5-7-12(11)28-20(16)23/h4-9,15,19,22H,1-3H3/t15-,19-/m0/s1. The largest absolute Gasteiger partial charge is 0.502 e. The van der Waals surface area contributed by atoms with Gasteiger partial charge >= 0.3 is 11.6 Å². The number of phenols is 1. The number of carbonyl (C=O) groups excluding carboxylic acids is 1. The Hall–Kier alpha value is -3.68. The van der Waals surface area contributed by atoms with Gasteiger partial charge < -0.3 is 28.5 Å². The Morgan fingerprint density at radius 1 is 1.07 bits per heavy atom. The van der Waals surface area contributed by atoms with Crippen molar-refractivity contribution in [2.24, 2.45) is 0 Å². The van der Waals surface area contributed by atoms with Crippen molar-refractivity contribution < 1.29 is 33.3 Å². The first-order valence-corrected chi connectivity index (χ1v) is 8.75. The molecule has 1 N–H and O–H groups in total. The quantitative estimate of drug-likeness (QED) is 0.528. The summed E-state index contributed by atoms with van der Waals surface area (Å²) < 4.78 is 26.7. The van der Waals surface area contributed by atoms with Gasteiger partial charge in [-0.3, -0.25) is 0 Å². The van der Waals surface area contributed by atoms with Gasteiger partial charge in [-0.1, -0.05) is 12.1 Å². The molecule has 0 fully saturated rings. The molecule has 150 valence electrons. The second-order valence-corrected chi connectivity index (χ2v) is 6.44. The number of carbonyl (C=O) groups is 1. The smallest absolute Gasteiger partial charge is 0.348 e. The lowest BCUT2D eigenvalue weighted by Crippen LogP contribution is -2.31. The van der Waals surface area contributed by atoms with Crippen LogP contribution in [0.4, 0.5) is 0 Å². The number of para-hydroxylation sites is 1. The van der Waals surface area contributed by atoms with E-state index in [-0.39, 0.29) is 28.6 Å². The summed E-state index contributed by atoms with van der Waals surface area (Å²) >= 11 is 0. The van der Waals surface area contributed by atoms with Gasteiger partial charge in [-0.2, -0.15) is 0 Å². The van der Waals surface area contributed by atoms with Crippen LogP contribution in [0.1, 0.15) is 17.0 Å². The van der Waals surface area contributed by atoms with Gasteiger partial charge in [-0.05, 0) is 29.8 Å². The van der Waals surface area contributed by atoms with E-state index in [1.807, 2.05) is 0 Å². The van der Waals surface area contributed by atoms with E-state index in [9.17, 15) is 14.7 Å². The molecular weight excluding hydrogens is 380 g/mol. The molecule has 2 atom stereocenters. The average molecular weight is 398 g/mol. The topological polar surface area (TPSA) is 104 Å². The molecule has 0 aliphatic carbocycles. The summed E-state index contributed by atoms with van der Waals surface area (Å²) in [5.74, 6) is -1.17. The minimum Gasteiger partial charge on any atom is -0.502 e. The van der Waals surface area contributed by atoms with Gasteiger partial charge in [-0.15, -0.1) is 0 Å². The molecular formula is C21H18O8. The maximum absolute atomic E-state index is 12.8. The molecule has 0 bridgehead atoms. The monoisotopic (exact) mass is 398 g/mol. The molecule has 0 saturated carbocycles. The van der Waals surface area contributed by atoms with Crippen LogP contribution >= 0.6 is 0 Å². The summed E-state index contributed by atoms with van der Waals surface area (Å²) in [6, 6.07) is 9.94. The van der Waals surface area contributed by atoms with Gasteiger partial charge in [-0.25, -0.2) is 9.59 Å². The number of ether oxygens (including phenoxy) is 4. The predicted molar refractivity (Wildman–Crippen MR) is 102 cm³/mol. The fourth-order valence-corrected chi connectivity index (χ4v) is 3.61. The second kappa shape index (κ2) is 7.05. The maximum atomic E-state index is 12.8. The van der Waals surface area contributed by atoms with E-state index < -0.39 is 23.6 Å². The van der Waals surface area contributed by atoms with Crippen LogP contribution in [0.15, 0.2) is 45.6 Å². The lowest BCUT2D eigenvalue weighted by Gasteiger charge is -2.19. The first-order chi connectivity index (χ1) is 14.0. The van der Waals surface area contributed by atoms with Crippen molar-refractivity contribution in [3.05, 3.63) is 57.9 Å². The molecule has 0 saturated heterocycles. The van der Waals surface area contributed by atoms with Crippen molar-refractivity contribution in [3.8, 4) is 23.0 Å². The van der Waals surface area contributed by atoms with Crippen molar-refractivity contribution in [3.63, 3.8) is 0 Å². The van der Waals surface area contributed by atoms with Crippen molar-refractivity contribution in [2.75, 3.05) is 21.3 Å². The third-order valence-electron chi connectivity index (χ3n) is 4.95. The van der Waals surface area contributed by atoms with Gasteiger partial charge in [0, 0.05) is 0 Å². The van der Waals surface area contributed by atoms with Gasteiger partial charge in [0.05, 0.1) is 38.2 Å². The molecule has 4 rings (SSSR count). The molecule has 0 unspecified atom stereocenters. The SMILES string of the molecule is COC(=O)[C@H]1Oc2c(c(=O)oc3ccccc23)[C@@H]1c1cc(OC)c(O)c(OC)c1. The Kier molecular flexibility index (Phi) is 4.54. The molecule has 1 aliphatic heterocycles. The van der Waals surface area contributed by atoms with E-state index >= 15 is 0 Å². The second-order valence-electron chi connectivity index (χ2n) is 6.44. The van der Waals surface area contributed by atoms with E-state index in [2.05, 4.69) is 0 Å². The fraction of sp³-hybridized carbons (Fsp3) is 0.238. The minimum absolute atomic E-state index is 0.126. The summed E-state index contributed by atoms with van der Waals surface area (Å²) in [6.45, 7) is 0. The fourth-order valence-electron chi connectivity index (χ4n) is 3.61. The highest BCUT2D eigenvalue weighted by Gasteiger charge is 2.45. The normalized spacial score (nSPS) is 17.5. The van der Waals surface area contributed by atoms with E-state index in [0.29, 0.717) is 16.5 Å². The zero-order valence-corrected chi connectivity index (χ0v) is 15.9. The highest BCUT2D eigenvalue weighted by atomic mass is 16.6. The maximum Gasteiger partial charge on any atom is 0.348 e. The Morgan fingerprint density at radius 3 is 2.34 bits per heavy atom. The molecule has 0 spiro atoms. The third-order valence-corrected chi connectivity index (χ3v) is 4.95. The van der Waals surface area contributed by atoms with Crippen LogP contribution < -0.4 is 19.8 Å². The predicted octanol–water partition coefficient (Wildman–Crippen LogP) is 2.58. The lowest BCUT2D eigenvalue weighted by molar-refractivity contribution is -0.148. The highest BCUT2D eigenvalue weighted by molar-refractivity contribution is 5.88. The van der Waals surface area contributed by atoms with Crippen LogP contribution in [0.5, 0.6) is 23.0 Å². The summed E-state index contributed by atoms with van der Waals surface area (Å²) in [5.41, 5.74) is 0.379. The third kappa shape index (κ3) is 2.84. The Labute approximate surface area is 165 Å². The number of aromatic hydroxyl groups is 1. The molecule has 1 aliphatic rings. The Bertz CT molecular complexity index is 1140. The van der Waals surface area contributed by atoms with E-state index in [4.69, 9.17) is 23.4 Å². The van der Waals surface area contributed by atoms with Crippen molar-refractivity contribution >= 4 is 16.9 Å². The zero-order valence-electron chi connectivity index (χ0n) is 15.9. The van der Waals surface area contributed by atoms with Crippen LogP contribution in [-0.2, 0) is 9.53 Å². The molecule has 2 heterocycles. The number of methoxy groups -OCH3 is 3. The number of benzene rings is 2. The number of esters is 1. The van der Waals surface area contributed by atoms with Crippen LogP contribution in [0.2, 0.25) is 0 Å². The molecule has 3 aromatic rings. The van der Waals surface area contributed by atoms with Crippen LogP contribution in [-0.4, -0.2) is 38.5 Å². The van der Waals surface area contributed by atoms with E-state index in [1.165, 1.54) is 33.5 Å². The minimum atomic E-state index is -1.12. The van der Waals surface area contributed by atoms with Gasteiger partial charge in [0.15, 0.2) is 11.5 Å². The number of hydrogen-bond donors (Lipinski definition) is 1. The Balaban J connectivity index is 2.01. The first-order valence-electron chi connectivity index (χ1n) is 8.75. The zero-order chi connectivity index (χ0) is 20.7.